The standard InChI is InChI=1S/C18H23N3O3S/c1-18(24-12-6-11-23-2)9-5-10-19-16(18)13-25(22)17-20-14-7-3-4-8-15(14)21-17/h3-5,7-10,16H,6,11-13H2,1-2H3,(H,20,21). The number of rotatable bonds is 8. The Labute approximate surface area is 149 Å². The molecule has 1 aliphatic rings. The molecule has 0 amide bonds. The maximum atomic E-state index is 12.8. The number of para-hydroxylation sites is 2. The van der Waals surface area contributed by atoms with Crippen molar-refractivity contribution < 1.29 is 13.7 Å². The third kappa shape index (κ3) is 4.23. The molecule has 6 nitrogen and oxygen atoms in total. The first kappa shape index (κ1) is 18.0. The lowest BCUT2D eigenvalue weighted by atomic mass is 9.95. The number of H-pyrrole nitrogens is 1. The lowest BCUT2D eigenvalue weighted by Crippen LogP contribution is -2.44. The Kier molecular flexibility index (Phi) is 5.78. The SMILES string of the molecule is COCCCOC1(C)C=CC=NC1CS(=O)c1nc2ccccc2[nH]1. The second-order valence-corrected chi connectivity index (χ2v) is 7.53. The second kappa shape index (κ2) is 8.03. The highest BCUT2D eigenvalue weighted by molar-refractivity contribution is 7.84. The Morgan fingerprint density at radius 1 is 1.32 bits per heavy atom. The molecule has 1 aromatic heterocycles. The molecule has 0 aliphatic carbocycles. The summed E-state index contributed by atoms with van der Waals surface area (Å²) in [5.41, 5.74) is 1.12. The van der Waals surface area contributed by atoms with E-state index in [1.807, 2.05) is 43.3 Å². The number of nitrogens with zero attached hydrogens (tertiary/aromatic N) is 2. The molecule has 1 aliphatic heterocycles. The van der Waals surface area contributed by atoms with Crippen molar-refractivity contribution in [3.63, 3.8) is 0 Å². The van der Waals surface area contributed by atoms with Crippen molar-refractivity contribution in [1.29, 1.82) is 0 Å². The number of imidazole rings is 1. The van der Waals surface area contributed by atoms with Crippen LogP contribution in [0.5, 0.6) is 0 Å². The van der Waals surface area contributed by atoms with Gasteiger partial charge in [0, 0.05) is 19.9 Å². The Hall–Kier alpha value is -1.83. The fourth-order valence-electron chi connectivity index (χ4n) is 2.75. The number of aromatic nitrogens is 2. The molecule has 25 heavy (non-hydrogen) atoms. The molecule has 0 fully saturated rings. The van der Waals surface area contributed by atoms with E-state index >= 15 is 0 Å². The van der Waals surface area contributed by atoms with Crippen LogP contribution in [-0.4, -0.2) is 58.1 Å². The fraction of sp³-hybridized carbons (Fsp3) is 0.444. The van der Waals surface area contributed by atoms with E-state index in [0.29, 0.717) is 24.1 Å². The number of aromatic amines is 1. The highest BCUT2D eigenvalue weighted by Gasteiger charge is 2.35. The van der Waals surface area contributed by atoms with E-state index in [9.17, 15) is 4.21 Å². The molecule has 1 aromatic carbocycles. The molecular formula is C18H23N3O3S. The first-order chi connectivity index (χ1) is 12.1. The van der Waals surface area contributed by atoms with Gasteiger partial charge < -0.3 is 14.5 Å². The largest absolute Gasteiger partial charge is 0.385 e. The molecule has 134 valence electrons. The van der Waals surface area contributed by atoms with Gasteiger partial charge in [0.25, 0.3) is 0 Å². The van der Waals surface area contributed by atoms with Crippen molar-refractivity contribution >= 4 is 28.0 Å². The zero-order valence-electron chi connectivity index (χ0n) is 14.5. The summed E-state index contributed by atoms with van der Waals surface area (Å²) in [5.74, 6) is 0.349. The van der Waals surface area contributed by atoms with Gasteiger partial charge in [-0.2, -0.15) is 0 Å². The van der Waals surface area contributed by atoms with Gasteiger partial charge >= 0.3 is 0 Å². The molecule has 3 unspecified atom stereocenters. The zero-order valence-corrected chi connectivity index (χ0v) is 15.3. The Bertz CT molecular complexity index is 769. The van der Waals surface area contributed by atoms with Crippen LogP contribution in [0.3, 0.4) is 0 Å². The summed E-state index contributed by atoms with van der Waals surface area (Å²) in [6.07, 6.45) is 6.40. The number of hydrogen-bond acceptors (Lipinski definition) is 5. The van der Waals surface area contributed by atoms with E-state index in [-0.39, 0.29) is 6.04 Å². The van der Waals surface area contributed by atoms with E-state index in [1.165, 1.54) is 0 Å². The van der Waals surface area contributed by atoms with Crippen LogP contribution < -0.4 is 0 Å². The second-order valence-electron chi connectivity index (χ2n) is 6.12. The molecule has 7 heteroatoms. The predicted octanol–water partition coefficient (Wildman–Crippen LogP) is 2.49. The highest BCUT2D eigenvalue weighted by atomic mass is 32.2. The van der Waals surface area contributed by atoms with Crippen LogP contribution >= 0.6 is 0 Å². The van der Waals surface area contributed by atoms with E-state index < -0.39 is 16.4 Å². The van der Waals surface area contributed by atoms with Crippen LogP contribution in [0.15, 0.2) is 46.6 Å². The van der Waals surface area contributed by atoms with Gasteiger partial charge in [0.2, 0.25) is 0 Å². The van der Waals surface area contributed by atoms with Crippen molar-refractivity contribution in [2.45, 2.75) is 30.1 Å². The van der Waals surface area contributed by atoms with Crippen LogP contribution in [-0.2, 0) is 20.3 Å². The van der Waals surface area contributed by atoms with E-state index in [0.717, 1.165) is 17.5 Å². The highest BCUT2D eigenvalue weighted by Crippen LogP contribution is 2.25. The summed E-state index contributed by atoms with van der Waals surface area (Å²) in [4.78, 5) is 12.1. The third-order valence-corrected chi connectivity index (χ3v) is 5.48. The number of aliphatic imine (C=N–C) groups is 1. The first-order valence-electron chi connectivity index (χ1n) is 8.29. The molecule has 3 atom stereocenters. The Balaban J connectivity index is 1.69. The lowest BCUT2D eigenvalue weighted by Gasteiger charge is -2.34. The molecule has 0 saturated heterocycles. The van der Waals surface area contributed by atoms with Crippen molar-refractivity contribution in [2.24, 2.45) is 4.99 Å². The van der Waals surface area contributed by atoms with Gasteiger partial charge in [-0.25, -0.2) is 4.98 Å². The monoisotopic (exact) mass is 361 g/mol. The predicted molar refractivity (Wildman–Crippen MR) is 99.6 cm³/mol. The van der Waals surface area contributed by atoms with Crippen LogP contribution in [0.4, 0.5) is 0 Å². The maximum Gasteiger partial charge on any atom is 0.197 e. The zero-order chi connectivity index (χ0) is 17.7. The van der Waals surface area contributed by atoms with Gasteiger partial charge in [-0.1, -0.05) is 12.1 Å². The molecule has 1 N–H and O–H groups in total. The number of fused-ring (bicyclic) bond motifs is 1. The fourth-order valence-corrected chi connectivity index (χ4v) is 4.04. The molecule has 0 radical (unpaired) electrons. The van der Waals surface area contributed by atoms with Crippen LogP contribution in [0, 0.1) is 0 Å². The average molecular weight is 361 g/mol. The molecule has 2 aromatic rings. The summed E-state index contributed by atoms with van der Waals surface area (Å²) in [7, 11) is 0.384. The number of allylic oxidation sites excluding steroid dienone is 1. The average Bonchev–Trinajstić information content (AvgIpc) is 3.05. The van der Waals surface area contributed by atoms with Gasteiger partial charge in [-0.05, 0) is 37.6 Å². The lowest BCUT2D eigenvalue weighted by molar-refractivity contribution is -0.0159. The Morgan fingerprint density at radius 3 is 2.96 bits per heavy atom. The molecular weight excluding hydrogens is 338 g/mol. The van der Waals surface area contributed by atoms with Crippen LogP contribution in [0.1, 0.15) is 13.3 Å². The third-order valence-electron chi connectivity index (χ3n) is 4.24. The molecule has 0 bridgehead atoms. The molecule has 0 spiro atoms. The maximum absolute atomic E-state index is 12.8. The minimum absolute atomic E-state index is 0.228. The number of methoxy groups -OCH3 is 1. The van der Waals surface area contributed by atoms with Crippen LogP contribution in [0.25, 0.3) is 11.0 Å². The summed E-state index contributed by atoms with van der Waals surface area (Å²) in [6, 6.07) is 7.44. The smallest absolute Gasteiger partial charge is 0.197 e. The van der Waals surface area contributed by atoms with Crippen molar-refractivity contribution in [3.8, 4) is 0 Å². The van der Waals surface area contributed by atoms with Crippen LogP contribution in [0.2, 0.25) is 0 Å². The quantitative estimate of drug-likeness (QED) is 0.733. The van der Waals surface area contributed by atoms with E-state index in [2.05, 4.69) is 15.0 Å². The van der Waals surface area contributed by atoms with Crippen molar-refractivity contribution in [1.82, 2.24) is 9.97 Å². The van der Waals surface area contributed by atoms with Gasteiger partial charge in [-0.3, -0.25) is 9.20 Å². The molecule has 2 heterocycles. The van der Waals surface area contributed by atoms with Crippen molar-refractivity contribution in [3.05, 3.63) is 36.4 Å². The molecule has 3 rings (SSSR count). The minimum atomic E-state index is -1.29. The van der Waals surface area contributed by atoms with Gasteiger partial charge in [0.15, 0.2) is 5.16 Å². The van der Waals surface area contributed by atoms with Gasteiger partial charge in [0.05, 0.1) is 40.2 Å². The summed E-state index contributed by atoms with van der Waals surface area (Å²) in [5, 5.41) is 0.479. The van der Waals surface area contributed by atoms with Gasteiger partial charge in [0.1, 0.15) is 5.60 Å². The minimum Gasteiger partial charge on any atom is -0.385 e. The number of benzene rings is 1. The van der Waals surface area contributed by atoms with E-state index in [1.54, 1.807) is 13.3 Å². The number of dihydropyridines is 1. The topological polar surface area (TPSA) is 76.6 Å². The van der Waals surface area contributed by atoms with Crippen molar-refractivity contribution in [2.75, 3.05) is 26.1 Å². The Morgan fingerprint density at radius 2 is 2.16 bits per heavy atom. The summed E-state index contributed by atoms with van der Waals surface area (Å²) >= 11 is 0. The number of ether oxygens (including phenoxy) is 2. The number of nitrogens with one attached hydrogen (secondary N) is 1. The van der Waals surface area contributed by atoms with E-state index in [4.69, 9.17) is 9.47 Å². The first-order valence-corrected chi connectivity index (χ1v) is 9.61. The summed E-state index contributed by atoms with van der Waals surface area (Å²) in [6.45, 7) is 3.20. The molecule has 0 saturated carbocycles. The normalized spacial score (nSPS) is 24.0. The summed E-state index contributed by atoms with van der Waals surface area (Å²) < 4.78 is 23.9. The van der Waals surface area contributed by atoms with Gasteiger partial charge in [-0.15, -0.1) is 0 Å². The number of hydrogen-bond donors (Lipinski definition) is 1.